The largest absolute Gasteiger partial charge is 0.344 e. The number of likely N-dealkylation sites (N-methyl/N-ethyl adjacent to an activating group) is 1. The smallest absolute Gasteiger partial charge is 0.187 e. The summed E-state index contributed by atoms with van der Waals surface area (Å²) in [6, 6.07) is 13.6. The molecule has 1 aliphatic rings. The summed E-state index contributed by atoms with van der Waals surface area (Å²) in [6.07, 6.45) is 5.46. The van der Waals surface area contributed by atoms with E-state index in [4.69, 9.17) is 0 Å². The summed E-state index contributed by atoms with van der Waals surface area (Å²) in [5.41, 5.74) is 3.46. The zero-order valence-electron chi connectivity index (χ0n) is 11.6. The van der Waals surface area contributed by atoms with E-state index < -0.39 is 0 Å². The van der Waals surface area contributed by atoms with E-state index >= 15 is 0 Å². The van der Waals surface area contributed by atoms with Crippen LogP contribution < -0.4 is 4.90 Å². The number of anilines is 1. The van der Waals surface area contributed by atoms with Gasteiger partial charge in [0.05, 0.1) is 0 Å². The molecule has 0 N–H and O–H groups in total. The minimum absolute atomic E-state index is 0.138. The Morgan fingerprint density at radius 3 is 2.52 bits per heavy atom. The van der Waals surface area contributed by atoms with Crippen molar-refractivity contribution in [3.05, 3.63) is 83.3 Å². The van der Waals surface area contributed by atoms with Crippen molar-refractivity contribution < 1.29 is 9.18 Å². The van der Waals surface area contributed by atoms with Crippen LogP contribution in [0, 0.1) is 5.82 Å². The van der Waals surface area contributed by atoms with Gasteiger partial charge in [-0.05, 0) is 42.0 Å². The zero-order chi connectivity index (χ0) is 14.8. The fraction of sp³-hybridized carbons (Fsp3) is 0.0556. The summed E-state index contributed by atoms with van der Waals surface area (Å²) in [6.45, 7) is 0. The first-order valence-corrected chi connectivity index (χ1v) is 6.67. The molecule has 0 saturated heterocycles. The van der Waals surface area contributed by atoms with Gasteiger partial charge in [-0.2, -0.15) is 0 Å². The molecule has 0 amide bonds. The lowest BCUT2D eigenvalue weighted by Crippen LogP contribution is -2.19. The van der Waals surface area contributed by atoms with Crippen molar-refractivity contribution >= 4 is 17.5 Å². The first-order chi connectivity index (χ1) is 10.1. The molecule has 3 heteroatoms. The topological polar surface area (TPSA) is 20.3 Å². The summed E-state index contributed by atoms with van der Waals surface area (Å²) >= 11 is 0. The average Bonchev–Trinajstić information content (AvgIpc) is 2.51. The van der Waals surface area contributed by atoms with Crippen LogP contribution in [-0.4, -0.2) is 12.8 Å². The number of fused-ring (bicyclic) bond motifs is 1. The molecular weight excluding hydrogens is 265 g/mol. The first kappa shape index (κ1) is 13.3. The zero-order valence-corrected chi connectivity index (χ0v) is 11.6. The number of halogens is 1. The highest BCUT2D eigenvalue weighted by Crippen LogP contribution is 2.29. The van der Waals surface area contributed by atoms with Crippen molar-refractivity contribution in [1.29, 1.82) is 0 Å². The molecule has 0 bridgehead atoms. The van der Waals surface area contributed by atoms with E-state index in [9.17, 15) is 9.18 Å². The van der Waals surface area contributed by atoms with Gasteiger partial charge in [-0.15, -0.1) is 0 Å². The first-order valence-electron chi connectivity index (χ1n) is 6.67. The number of allylic oxidation sites excluding steroid dienone is 2. The van der Waals surface area contributed by atoms with Gasteiger partial charge in [-0.3, -0.25) is 4.79 Å². The van der Waals surface area contributed by atoms with Gasteiger partial charge < -0.3 is 4.90 Å². The van der Waals surface area contributed by atoms with E-state index in [0.717, 1.165) is 16.9 Å². The summed E-state index contributed by atoms with van der Waals surface area (Å²) in [7, 11) is 1.92. The van der Waals surface area contributed by atoms with Gasteiger partial charge in [0.25, 0.3) is 0 Å². The quantitative estimate of drug-likeness (QED) is 0.610. The molecule has 0 unspecified atom stereocenters. The second kappa shape index (κ2) is 5.37. The van der Waals surface area contributed by atoms with Crippen molar-refractivity contribution in [2.75, 3.05) is 11.9 Å². The van der Waals surface area contributed by atoms with Crippen molar-refractivity contribution in [3.8, 4) is 0 Å². The number of hydrogen-bond acceptors (Lipinski definition) is 2. The molecule has 21 heavy (non-hydrogen) atoms. The number of para-hydroxylation sites is 1. The van der Waals surface area contributed by atoms with Crippen LogP contribution in [-0.2, 0) is 0 Å². The molecule has 0 fully saturated rings. The van der Waals surface area contributed by atoms with Gasteiger partial charge in [-0.1, -0.05) is 24.3 Å². The molecule has 104 valence electrons. The Labute approximate surface area is 122 Å². The molecule has 0 aromatic heterocycles. The molecular formula is C18H14FNO. The average molecular weight is 279 g/mol. The van der Waals surface area contributed by atoms with Crippen LogP contribution in [0.25, 0.3) is 6.08 Å². The van der Waals surface area contributed by atoms with Crippen LogP contribution in [0.3, 0.4) is 0 Å². The van der Waals surface area contributed by atoms with Crippen LogP contribution in [0.4, 0.5) is 10.1 Å². The molecule has 1 heterocycles. The summed E-state index contributed by atoms with van der Waals surface area (Å²) in [5.74, 6) is -0.483. The minimum Gasteiger partial charge on any atom is -0.344 e. The van der Waals surface area contributed by atoms with Gasteiger partial charge in [-0.25, -0.2) is 4.39 Å². The Bertz CT molecular complexity index is 744. The highest BCUT2D eigenvalue weighted by atomic mass is 19.1. The number of nitrogens with zero attached hydrogens (tertiary/aromatic N) is 1. The summed E-state index contributed by atoms with van der Waals surface area (Å²) < 4.78 is 12.9. The Balaban J connectivity index is 1.91. The molecule has 2 aromatic rings. The predicted molar refractivity (Wildman–Crippen MR) is 82.7 cm³/mol. The van der Waals surface area contributed by atoms with Crippen molar-refractivity contribution in [3.63, 3.8) is 0 Å². The van der Waals surface area contributed by atoms with Crippen LogP contribution in [0.2, 0.25) is 0 Å². The number of carbonyl (C=O) groups is 1. The molecule has 3 rings (SSSR count). The maximum absolute atomic E-state index is 12.9. The Hall–Kier alpha value is -2.68. The van der Waals surface area contributed by atoms with E-state index in [1.165, 1.54) is 24.3 Å². The van der Waals surface area contributed by atoms with Crippen molar-refractivity contribution in [1.82, 2.24) is 0 Å². The third kappa shape index (κ3) is 2.63. The number of ketones is 1. The van der Waals surface area contributed by atoms with E-state index in [0.29, 0.717) is 5.56 Å². The Kier molecular flexibility index (Phi) is 3.40. The molecule has 2 nitrogen and oxygen atoms in total. The Morgan fingerprint density at radius 2 is 1.76 bits per heavy atom. The molecule has 0 saturated carbocycles. The predicted octanol–water partition coefficient (Wildman–Crippen LogP) is 4.06. The third-order valence-electron chi connectivity index (χ3n) is 3.53. The second-order valence-electron chi connectivity index (χ2n) is 4.89. The van der Waals surface area contributed by atoms with E-state index in [-0.39, 0.29) is 11.6 Å². The van der Waals surface area contributed by atoms with Gasteiger partial charge >= 0.3 is 0 Å². The normalized spacial score (nSPS) is 15.1. The maximum atomic E-state index is 12.9. The second-order valence-corrected chi connectivity index (χ2v) is 4.89. The lowest BCUT2D eigenvalue weighted by atomic mass is 10.0. The molecule has 0 atom stereocenters. The number of rotatable bonds is 2. The Morgan fingerprint density at radius 1 is 1.05 bits per heavy atom. The monoisotopic (exact) mass is 279 g/mol. The van der Waals surface area contributed by atoms with Crippen molar-refractivity contribution in [2.24, 2.45) is 0 Å². The van der Waals surface area contributed by atoms with E-state index in [2.05, 4.69) is 0 Å². The maximum Gasteiger partial charge on any atom is 0.187 e. The van der Waals surface area contributed by atoms with Crippen molar-refractivity contribution in [2.45, 2.75) is 0 Å². The van der Waals surface area contributed by atoms with Crippen LogP contribution in [0.15, 0.2) is 66.4 Å². The third-order valence-corrected chi connectivity index (χ3v) is 3.53. The lowest BCUT2D eigenvalue weighted by molar-refractivity contribution is 0.104. The molecule has 1 aliphatic heterocycles. The number of carbonyl (C=O) groups excluding carboxylic acids is 1. The fourth-order valence-electron chi connectivity index (χ4n) is 2.34. The lowest BCUT2D eigenvalue weighted by Gasteiger charge is -2.26. The van der Waals surface area contributed by atoms with Crippen LogP contribution in [0.1, 0.15) is 15.9 Å². The number of benzene rings is 2. The van der Waals surface area contributed by atoms with Gasteiger partial charge in [0, 0.05) is 30.1 Å². The van der Waals surface area contributed by atoms with E-state index in [1.54, 1.807) is 6.08 Å². The van der Waals surface area contributed by atoms with Gasteiger partial charge in [0.2, 0.25) is 0 Å². The highest BCUT2D eigenvalue weighted by molar-refractivity contribution is 6.05. The van der Waals surface area contributed by atoms with Gasteiger partial charge in [0.15, 0.2) is 5.78 Å². The van der Waals surface area contributed by atoms with Crippen LogP contribution >= 0.6 is 0 Å². The van der Waals surface area contributed by atoms with Crippen LogP contribution in [0.5, 0.6) is 0 Å². The molecule has 2 aromatic carbocycles. The molecule has 0 radical (unpaired) electrons. The molecule has 0 spiro atoms. The number of hydrogen-bond donors (Lipinski definition) is 0. The molecule has 0 aliphatic carbocycles. The fourth-order valence-corrected chi connectivity index (χ4v) is 2.34. The highest BCUT2D eigenvalue weighted by Gasteiger charge is 2.14. The standard InChI is InChI=1S/C18H14FNO/c1-20-16(11-8-13-4-2-3-5-17(13)20)12-18(21)14-6-9-15(19)10-7-14/h2-12H,1H3/b16-12-. The van der Waals surface area contributed by atoms with Gasteiger partial charge in [0.1, 0.15) is 5.82 Å². The SMILES string of the molecule is CN1/C(=C\C(=O)c2ccc(F)cc2)C=Cc2ccccc21. The van der Waals surface area contributed by atoms with E-state index in [1.807, 2.05) is 48.4 Å². The minimum atomic E-state index is -0.345. The summed E-state index contributed by atoms with van der Waals surface area (Å²) in [4.78, 5) is 14.2. The summed E-state index contributed by atoms with van der Waals surface area (Å²) in [5, 5.41) is 0.